The van der Waals surface area contributed by atoms with E-state index >= 15 is 0 Å². The fourth-order valence-corrected chi connectivity index (χ4v) is 3.54. The van der Waals surface area contributed by atoms with Gasteiger partial charge in [-0.25, -0.2) is 4.98 Å². The van der Waals surface area contributed by atoms with Crippen molar-refractivity contribution in [3.05, 3.63) is 72.4 Å². The summed E-state index contributed by atoms with van der Waals surface area (Å²) < 4.78 is 12.6. The zero-order valence-electron chi connectivity index (χ0n) is 11.2. The Bertz CT molecular complexity index is 750. The van der Waals surface area contributed by atoms with Crippen LogP contribution in [0.5, 0.6) is 0 Å². The van der Waals surface area contributed by atoms with Crippen LogP contribution in [-0.2, 0) is 10.8 Å². The molecule has 0 N–H and O–H groups in total. The van der Waals surface area contributed by atoms with E-state index in [0.717, 1.165) is 10.9 Å². The molecule has 0 saturated carbocycles. The Morgan fingerprint density at radius 2 is 1.70 bits per heavy atom. The van der Waals surface area contributed by atoms with E-state index < -0.39 is 10.8 Å². The lowest BCUT2D eigenvalue weighted by atomic mass is 10.0. The van der Waals surface area contributed by atoms with Gasteiger partial charge in [0.1, 0.15) is 5.03 Å². The maximum absolute atomic E-state index is 12.6. The van der Waals surface area contributed by atoms with E-state index in [4.69, 9.17) is 0 Å². The molecule has 1 aromatic heterocycles. The maximum atomic E-state index is 12.6. The van der Waals surface area contributed by atoms with Crippen molar-refractivity contribution in [3.8, 4) is 0 Å². The van der Waals surface area contributed by atoms with Gasteiger partial charge < -0.3 is 0 Å². The van der Waals surface area contributed by atoms with Crippen LogP contribution >= 0.6 is 0 Å². The predicted molar refractivity (Wildman–Crippen MR) is 83.0 cm³/mol. The summed E-state index contributed by atoms with van der Waals surface area (Å²) in [4.78, 5) is 4.21. The fraction of sp³-hybridized carbons (Fsp3) is 0.118. The Hall–Kier alpha value is -2.00. The number of aromatic nitrogens is 1. The summed E-state index contributed by atoms with van der Waals surface area (Å²) in [5, 5.41) is 2.88. The third kappa shape index (κ3) is 2.37. The molecule has 2 unspecified atom stereocenters. The summed E-state index contributed by atoms with van der Waals surface area (Å²) in [6.07, 6.45) is 1.68. The minimum Gasteiger partial charge on any atom is -0.252 e. The van der Waals surface area contributed by atoms with E-state index in [-0.39, 0.29) is 5.25 Å². The van der Waals surface area contributed by atoms with Crippen LogP contribution in [0.1, 0.15) is 17.7 Å². The van der Waals surface area contributed by atoms with Crippen LogP contribution in [0, 0.1) is 0 Å². The van der Waals surface area contributed by atoms with E-state index in [0.29, 0.717) is 5.03 Å². The molecule has 3 aromatic rings. The first-order chi connectivity index (χ1) is 9.77. The van der Waals surface area contributed by atoms with Crippen LogP contribution in [-0.4, -0.2) is 9.19 Å². The van der Waals surface area contributed by atoms with Crippen molar-refractivity contribution in [2.75, 3.05) is 0 Å². The van der Waals surface area contributed by atoms with E-state index in [9.17, 15) is 4.21 Å². The standard InChI is InChI=1S/C17H15NOS/c1-13(20(19)17-11-4-5-12-18-17)15-10-6-8-14-7-2-3-9-16(14)15/h2-13H,1H3. The molecule has 1 heterocycles. The zero-order chi connectivity index (χ0) is 13.9. The van der Waals surface area contributed by atoms with Gasteiger partial charge in [0.2, 0.25) is 0 Å². The van der Waals surface area contributed by atoms with Crippen molar-refractivity contribution in [2.45, 2.75) is 17.2 Å². The van der Waals surface area contributed by atoms with Crippen LogP contribution < -0.4 is 0 Å². The second-order valence-electron chi connectivity index (χ2n) is 4.68. The Kier molecular flexibility index (Phi) is 3.61. The highest BCUT2D eigenvalue weighted by Gasteiger charge is 2.18. The summed E-state index contributed by atoms with van der Waals surface area (Å²) in [6.45, 7) is 1.99. The van der Waals surface area contributed by atoms with Gasteiger partial charge >= 0.3 is 0 Å². The number of benzene rings is 2. The number of pyridine rings is 1. The average Bonchev–Trinajstić information content (AvgIpc) is 2.54. The highest BCUT2D eigenvalue weighted by Crippen LogP contribution is 2.29. The molecule has 0 fully saturated rings. The third-order valence-electron chi connectivity index (χ3n) is 3.43. The summed E-state index contributed by atoms with van der Waals surface area (Å²) >= 11 is 0. The largest absolute Gasteiger partial charge is 0.252 e. The van der Waals surface area contributed by atoms with Gasteiger partial charge in [-0.15, -0.1) is 0 Å². The van der Waals surface area contributed by atoms with Crippen LogP contribution in [0.15, 0.2) is 71.9 Å². The first kappa shape index (κ1) is 13.0. The Labute approximate surface area is 120 Å². The van der Waals surface area contributed by atoms with Gasteiger partial charge in [-0.3, -0.25) is 4.21 Å². The minimum atomic E-state index is -1.15. The second-order valence-corrected chi connectivity index (χ2v) is 6.40. The van der Waals surface area contributed by atoms with Crippen LogP contribution in [0.25, 0.3) is 10.8 Å². The van der Waals surface area contributed by atoms with Gasteiger partial charge in [0, 0.05) is 6.20 Å². The van der Waals surface area contributed by atoms with E-state index in [1.807, 2.05) is 49.4 Å². The van der Waals surface area contributed by atoms with Crippen LogP contribution in [0.4, 0.5) is 0 Å². The quantitative estimate of drug-likeness (QED) is 0.723. The van der Waals surface area contributed by atoms with Crippen LogP contribution in [0.2, 0.25) is 0 Å². The highest BCUT2D eigenvalue weighted by molar-refractivity contribution is 7.85. The van der Waals surface area contributed by atoms with Crippen LogP contribution in [0.3, 0.4) is 0 Å². The molecule has 0 aliphatic heterocycles. The molecule has 0 aliphatic rings. The number of rotatable bonds is 3. The molecular weight excluding hydrogens is 266 g/mol. The minimum absolute atomic E-state index is 0.0870. The van der Waals surface area contributed by atoms with Crippen molar-refractivity contribution in [1.82, 2.24) is 4.98 Å². The molecule has 0 amide bonds. The average molecular weight is 281 g/mol. The smallest absolute Gasteiger partial charge is 0.127 e. The van der Waals surface area contributed by atoms with Gasteiger partial charge in [0.25, 0.3) is 0 Å². The van der Waals surface area contributed by atoms with Gasteiger partial charge in [0.05, 0.1) is 16.0 Å². The molecule has 0 bridgehead atoms. The normalized spacial score (nSPS) is 14.1. The van der Waals surface area contributed by atoms with Crippen molar-refractivity contribution in [3.63, 3.8) is 0 Å². The molecule has 20 heavy (non-hydrogen) atoms. The first-order valence-corrected chi connectivity index (χ1v) is 7.78. The molecule has 100 valence electrons. The maximum Gasteiger partial charge on any atom is 0.127 e. The lowest BCUT2D eigenvalue weighted by molar-refractivity contribution is 0.673. The van der Waals surface area contributed by atoms with Crippen molar-refractivity contribution < 1.29 is 4.21 Å². The molecule has 2 aromatic carbocycles. The molecule has 0 aliphatic carbocycles. The summed E-state index contributed by atoms with van der Waals surface area (Å²) in [6, 6.07) is 19.9. The van der Waals surface area contributed by atoms with E-state index in [2.05, 4.69) is 23.2 Å². The van der Waals surface area contributed by atoms with Crippen molar-refractivity contribution in [1.29, 1.82) is 0 Å². The number of hydrogen-bond acceptors (Lipinski definition) is 2. The highest BCUT2D eigenvalue weighted by atomic mass is 32.2. The number of hydrogen-bond donors (Lipinski definition) is 0. The number of nitrogens with zero attached hydrogens (tertiary/aromatic N) is 1. The topological polar surface area (TPSA) is 30.0 Å². The monoisotopic (exact) mass is 281 g/mol. The molecular formula is C17H15NOS. The van der Waals surface area contributed by atoms with Gasteiger partial charge in [0.15, 0.2) is 0 Å². The van der Waals surface area contributed by atoms with Crippen molar-refractivity contribution >= 4 is 21.6 Å². The molecule has 0 spiro atoms. The second kappa shape index (κ2) is 5.55. The van der Waals surface area contributed by atoms with E-state index in [1.54, 1.807) is 6.20 Å². The summed E-state index contributed by atoms with van der Waals surface area (Å²) in [5.41, 5.74) is 1.10. The lowest BCUT2D eigenvalue weighted by Crippen LogP contribution is -2.05. The first-order valence-electron chi connectivity index (χ1n) is 6.56. The molecule has 0 radical (unpaired) electrons. The van der Waals surface area contributed by atoms with Gasteiger partial charge in [-0.1, -0.05) is 48.5 Å². The lowest BCUT2D eigenvalue weighted by Gasteiger charge is -2.14. The predicted octanol–water partition coefficient (Wildman–Crippen LogP) is 4.10. The molecule has 3 heteroatoms. The fourth-order valence-electron chi connectivity index (χ4n) is 2.37. The van der Waals surface area contributed by atoms with E-state index in [1.165, 1.54) is 5.39 Å². The summed E-state index contributed by atoms with van der Waals surface area (Å²) in [7, 11) is -1.15. The SMILES string of the molecule is CC(c1cccc2ccccc12)S(=O)c1ccccn1. The zero-order valence-corrected chi connectivity index (χ0v) is 12.0. The third-order valence-corrected chi connectivity index (χ3v) is 4.98. The Balaban J connectivity index is 2.05. The Morgan fingerprint density at radius 1 is 0.950 bits per heavy atom. The van der Waals surface area contributed by atoms with Gasteiger partial charge in [-0.2, -0.15) is 0 Å². The molecule has 2 atom stereocenters. The number of fused-ring (bicyclic) bond motifs is 1. The summed E-state index contributed by atoms with van der Waals surface area (Å²) in [5.74, 6) is 0. The Morgan fingerprint density at radius 3 is 2.50 bits per heavy atom. The molecule has 0 saturated heterocycles. The van der Waals surface area contributed by atoms with Gasteiger partial charge in [-0.05, 0) is 35.4 Å². The molecule has 2 nitrogen and oxygen atoms in total. The molecule has 3 rings (SSSR count). The van der Waals surface area contributed by atoms with Crippen molar-refractivity contribution in [2.24, 2.45) is 0 Å².